The number of nitriles is 1. The molecule has 2 aromatic carbocycles. The van der Waals surface area contributed by atoms with Crippen molar-refractivity contribution in [1.29, 1.82) is 5.26 Å². The first-order valence-electron chi connectivity index (χ1n) is 5.71. The van der Waals surface area contributed by atoms with Gasteiger partial charge in [0, 0.05) is 11.3 Å². The van der Waals surface area contributed by atoms with E-state index in [-0.39, 0.29) is 5.91 Å². The third-order valence-electron chi connectivity index (χ3n) is 2.66. The van der Waals surface area contributed by atoms with Crippen molar-refractivity contribution in [2.24, 2.45) is 5.84 Å². The Labute approximate surface area is 120 Å². The Hall–Kier alpha value is -2.55. The molecular formula is C14H11ClN4O. The van der Waals surface area contributed by atoms with Gasteiger partial charge in [0.05, 0.1) is 22.3 Å². The highest BCUT2D eigenvalue weighted by Crippen LogP contribution is 2.23. The Morgan fingerprint density at radius 1 is 1.20 bits per heavy atom. The maximum atomic E-state index is 12.1. The summed E-state index contributed by atoms with van der Waals surface area (Å²) in [6.07, 6.45) is 0. The molecule has 0 aromatic heterocycles. The normalized spacial score (nSPS) is 9.65. The van der Waals surface area contributed by atoms with Crippen LogP contribution in [-0.4, -0.2) is 5.91 Å². The minimum absolute atomic E-state index is 0.314. The molecule has 0 aliphatic rings. The number of amides is 1. The molecule has 0 radical (unpaired) electrons. The van der Waals surface area contributed by atoms with Gasteiger partial charge in [0.15, 0.2) is 0 Å². The molecule has 4 N–H and O–H groups in total. The molecule has 0 aliphatic heterocycles. The molecule has 5 nitrogen and oxygen atoms in total. The van der Waals surface area contributed by atoms with E-state index in [1.165, 1.54) is 6.07 Å². The smallest absolute Gasteiger partial charge is 0.255 e. The van der Waals surface area contributed by atoms with E-state index in [4.69, 9.17) is 22.7 Å². The minimum Gasteiger partial charge on any atom is -0.324 e. The van der Waals surface area contributed by atoms with E-state index < -0.39 is 0 Å². The number of hydrogen-bond acceptors (Lipinski definition) is 4. The lowest BCUT2D eigenvalue weighted by Crippen LogP contribution is -2.13. The average molecular weight is 287 g/mol. The molecule has 0 aliphatic carbocycles. The van der Waals surface area contributed by atoms with Gasteiger partial charge in [0.25, 0.3) is 5.91 Å². The fourth-order valence-corrected chi connectivity index (χ4v) is 1.77. The van der Waals surface area contributed by atoms with Crippen LogP contribution >= 0.6 is 11.6 Å². The predicted octanol–water partition coefficient (Wildman–Crippen LogP) is 2.75. The van der Waals surface area contributed by atoms with Crippen LogP contribution in [-0.2, 0) is 0 Å². The van der Waals surface area contributed by atoms with Crippen molar-refractivity contribution >= 4 is 28.9 Å². The number of hydrogen-bond donors (Lipinski definition) is 3. The van der Waals surface area contributed by atoms with Gasteiger partial charge in [-0.15, -0.1) is 0 Å². The molecule has 0 bridgehead atoms. The Kier molecular flexibility index (Phi) is 4.20. The standard InChI is InChI=1S/C14H11ClN4O/c15-12-6-1-9(8-16)7-13(12)18-14(20)10-2-4-11(19-17)5-3-10/h1-7,19H,17H2,(H,18,20). The first-order chi connectivity index (χ1) is 9.63. The fourth-order valence-electron chi connectivity index (χ4n) is 1.60. The molecule has 0 saturated carbocycles. The second kappa shape index (κ2) is 6.06. The van der Waals surface area contributed by atoms with Gasteiger partial charge in [-0.25, -0.2) is 0 Å². The molecule has 0 saturated heterocycles. The Morgan fingerprint density at radius 3 is 2.50 bits per heavy atom. The molecule has 100 valence electrons. The quantitative estimate of drug-likeness (QED) is 0.598. The highest BCUT2D eigenvalue weighted by atomic mass is 35.5. The van der Waals surface area contributed by atoms with Crippen LogP contribution in [0.25, 0.3) is 0 Å². The zero-order valence-corrected chi connectivity index (χ0v) is 11.1. The summed E-state index contributed by atoms with van der Waals surface area (Å²) >= 11 is 5.98. The van der Waals surface area contributed by atoms with Gasteiger partial charge in [-0.2, -0.15) is 5.26 Å². The zero-order chi connectivity index (χ0) is 14.5. The van der Waals surface area contributed by atoms with Crippen molar-refractivity contribution in [3.8, 4) is 6.07 Å². The third-order valence-corrected chi connectivity index (χ3v) is 2.99. The van der Waals surface area contributed by atoms with Crippen LogP contribution in [0, 0.1) is 11.3 Å². The van der Waals surface area contributed by atoms with Crippen molar-refractivity contribution in [1.82, 2.24) is 0 Å². The van der Waals surface area contributed by atoms with E-state index in [2.05, 4.69) is 10.7 Å². The third kappa shape index (κ3) is 3.06. The highest BCUT2D eigenvalue weighted by Gasteiger charge is 2.09. The summed E-state index contributed by atoms with van der Waals surface area (Å²) in [4.78, 5) is 12.1. The van der Waals surface area contributed by atoms with Gasteiger partial charge in [-0.3, -0.25) is 10.6 Å². The molecule has 2 aromatic rings. The SMILES string of the molecule is N#Cc1ccc(Cl)c(NC(=O)c2ccc(NN)cc2)c1. The largest absolute Gasteiger partial charge is 0.324 e. The fraction of sp³-hybridized carbons (Fsp3) is 0. The molecule has 0 fully saturated rings. The summed E-state index contributed by atoms with van der Waals surface area (Å²) in [5.41, 5.74) is 4.46. The number of carbonyl (C=O) groups excluding carboxylic acids is 1. The lowest BCUT2D eigenvalue weighted by atomic mass is 10.1. The molecule has 1 amide bonds. The monoisotopic (exact) mass is 286 g/mol. The zero-order valence-electron chi connectivity index (χ0n) is 10.4. The maximum Gasteiger partial charge on any atom is 0.255 e. The van der Waals surface area contributed by atoms with Gasteiger partial charge in [0.2, 0.25) is 0 Å². The molecule has 20 heavy (non-hydrogen) atoms. The van der Waals surface area contributed by atoms with Crippen molar-refractivity contribution in [2.75, 3.05) is 10.7 Å². The Bertz CT molecular complexity index is 677. The Balaban J connectivity index is 2.20. The molecule has 0 atom stereocenters. The Morgan fingerprint density at radius 2 is 1.90 bits per heavy atom. The summed E-state index contributed by atoms with van der Waals surface area (Å²) in [7, 11) is 0. The van der Waals surface area contributed by atoms with E-state index in [0.717, 1.165) is 0 Å². The summed E-state index contributed by atoms with van der Waals surface area (Å²) in [6, 6.07) is 13.3. The number of rotatable bonds is 3. The molecular weight excluding hydrogens is 276 g/mol. The van der Waals surface area contributed by atoms with Gasteiger partial charge < -0.3 is 10.7 Å². The summed E-state index contributed by atoms with van der Waals surface area (Å²) in [5.74, 6) is 4.94. The summed E-state index contributed by atoms with van der Waals surface area (Å²) < 4.78 is 0. The predicted molar refractivity (Wildman–Crippen MR) is 78.4 cm³/mol. The average Bonchev–Trinajstić information content (AvgIpc) is 2.49. The van der Waals surface area contributed by atoms with Gasteiger partial charge >= 0.3 is 0 Å². The van der Waals surface area contributed by atoms with E-state index in [9.17, 15) is 4.79 Å². The van der Waals surface area contributed by atoms with E-state index in [0.29, 0.717) is 27.5 Å². The van der Waals surface area contributed by atoms with Crippen molar-refractivity contribution in [2.45, 2.75) is 0 Å². The number of nitrogen functional groups attached to an aromatic ring is 1. The van der Waals surface area contributed by atoms with Crippen LogP contribution in [0.4, 0.5) is 11.4 Å². The van der Waals surface area contributed by atoms with Crippen molar-refractivity contribution in [3.63, 3.8) is 0 Å². The van der Waals surface area contributed by atoms with E-state index >= 15 is 0 Å². The number of hydrazine groups is 1. The first kappa shape index (κ1) is 13.9. The second-order valence-electron chi connectivity index (χ2n) is 3.98. The van der Waals surface area contributed by atoms with Crippen LogP contribution < -0.4 is 16.6 Å². The number of nitrogens with zero attached hydrogens (tertiary/aromatic N) is 1. The number of benzene rings is 2. The highest BCUT2D eigenvalue weighted by molar-refractivity contribution is 6.34. The van der Waals surface area contributed by atoms with Crippen LogP contribution in [0.3, 0.4) is 0 Å². The van der Waals surface area contributed by atoms with E-state index in [1.54, 1.807) is 36.4 Å². The topological polar surface area (TPSA) is 90.9 Å². The molecule has 0 spiro atoms. The molecule has 6 heteroatoms. The summed E-state index contributed by atoms with van der Waals surface area (Å²) in [5, 5.41) is 11.9. The number of nitrogens with two attached hydrogens (primary N) is 1. The van der Waals surface area contributed by atoms with Crippen molar-refractivity contribution in [3.05, 3.63) is 58.6 Å². The number of carbonyl (C=O) groups is 1. The number of halogens is 1. The molecule has 0 heterocycles. The summed E-state index contributed by atoms with van der Waals surface area (Å²) in [6.45, 7) is 0. The van der Waals surface area contributed by atoms with Gasteiger partial charge in [-0.1, -0.05) is 11.6 Å². The van der Waals surface area contributed by atoms with Crippen LogP contribution in [0.15, 0.2) is 42.5 Å². The van der Waals surface area contributed by atoms with Gasteiger partial charge in [-0.05, 0) is 42.5 Å². The minimum atomic E-state index is -0.314. The number of nitrogens with one attached hydrogen (secondary N) is 2. The van der Waals surface area contributed by atoms with Crippen LogP contribution in [0.5, 0.6) is 0 Å². The second-order valence-corrected chi connectivity index (χ2v) is 4.39. The van der Waals surface area contributed by atoms with Crippen molar-refractivity contribution < 1.29 is 4.79 Å². The number of anilines is 2. The first-order valence-corrected chi connectivity index (χ1v) is 6.09. The van der Waals surface area contributed by atoms with Crippen LogP contribution in [0.1, 0.15) is 15.9 Å². The van der Waals surface area contributed by atoms with Gasteiger partial charge in [0.1, 0.15) is 0 Å². The lowest BCUT2D eigenvalue weighted by Gasteiger charge is -2.08. The van der Waals surface area contributed by atoms with Crippen LogP contribution in [0.2, 0.25) is 5.02 Å². The molecule has 0 unspecified atom stereocenters. The maximum absolute atomic E-state index is 12.1. The van der Waals surface area contributed by atoms with E-state index in [1.807, 2.05) is 6.07 Å². The molecule has 2 rings (SSSR count). The lowest BCUT2D eigenvalue weighted by molar-refractivity contribution is 0.102.